The van der Waals surface area contributed by atoms with Gasteiger partial charge in [-0.25, -0.2) is 0 Å². The molecule has 1 N–H and O–H groups in total. The Morgan fingerprint density at radius 1 is 1.40 bits per heavy atom. The maximum absolute atomic E-state index is 9.45. The van der Waals surface area contributed by atoms with Gasteiger partial charge in [-0.1, -0.05) is 33.0 Å². The summed E-state index contributed by atoms with van der Waals surface area (Å²) in [6.45, 7) is 4.24. The van der Waals surface area contributed by atoms with Gasteiger partial charge in [-0.3, -0.25) is 0 Å². The fourth-order valence-electron chi connectivity index (χ4n) is 1.23. The van der Waals surface area contributed by atoms with Crippen molar-refractivity contribution in [1.29, 1.82) is 0 Å². The van der Waals surface area contributed by atoms with Crippen molar-refractivity contribution in [1.82, 2.24) is 0 Å². The lowest BCUT2D eigenvalue weighted by Gasteiger charge is -2.16. The second-order valence-electron chi connectivity index (χ2n) is 3.12. The van der Waals surface area contributed by atoms with E-state index in [0.29, 0.717) is 5.92 Å². The number of rotatable bonds is 5. The molecule has 0 aliphatic rings. The summed E-state index contributed by atoms with van der Waals surface area (Å²) in [5.41, 5.74) is 0. The van der Waals surface area contributed by atoms with Crippen LogP contribution in [0.2, 0.25) is 6.32 Å². The van der Waals surface area contributed by atoms with Crippen molar-refractivity contribution >= 4 is 7.85 Å². The van der Waals surface area contributed by atoms with Crippen LogP contribution in [0.3, 0.4) is 0 Å². The first kappa shape index (κ1) is 10.0. The summed E-state index contributed by atoms with van der Waals surface area (Å²) in [5, 5.41) is 9.45. The van der Waals surface area contributed by atoms with Gasteiger partial charge in [0.1, 0.15) is 7.85 Å². The van der Waals surface area contributed by atoms with Crippen LogP contribution in [0, 0.1) is 5.92 Å². The van der Waals surface area contributed by atoms with E-state index in [1.807, 2.05) is 0 Å². The highest BCUT2D eigenvalue weighted by molar-refractivity contribution is 6.08. The standard InChI is InChI=1S/C8H19BO/c1-3-4-8(10)7(2)5-6-9/h7-8,10H,3-6,9H2,1-2H3/t7?,8-/m1/s1. The first-order valence-electron chi connectivity index (χ1n) is 4.40. The molecule has 0 aromatic heterocycles. The van der Waals surface area contributed by atoms with Gasteiger partial charge in [0.2, 0.25) is 0 Å². The summed E-state index contributed by atoms with van der Waals surface area (Å²) in [5.74, 6) is 0.491. The van der Waals surface area contributed by atoms with Crippen LogP contribution in [0.1, 0.15) is 33.1 Å². The zero-order chi connectivity index (χ0) is 7.98. The van der Waals surface area contributed by atoms with Crippen molar-refractivity contribution < 1.29 is 5.11 Å². The third kappa shape index (κ3) is 3.94. The Kier molecular flexibility index (Phi) is 5.80. The lowest BCUT2D eigenvalue weighted by molar-refractivity contribution is 0.105. The van der Waals surface area contributed by atoms with Crippen LogP contribution in [0.25, 0.3) is 0 Å². The third-order valence-electron chi connectivity index (χ3n) is 1.99. The van der Waals surface area contributed by atoms with E-state index in [-0.39, 0.29) is 6.10 Å². The van der Waals surface area contributed by atoms with Crippen LogP contribution >= 0.6 is 0 Å². The van der Waals surface area contributed by atoms with Crippen molar-refractivity contribution in [2.75, 3.05) is 0 Å². The Labute approximate surface area is 65.2 Å². The highest BCUT2D eigenvalue weighted by Crippen LogP contribution is 2.13. The van der Waals surface area contributed by atoms with Gasteiger partial charge in [-0.15, -0.1) is 0 Å². The minimum Gasteiger partial charge on any atom is -0.393 e. The molecule has 1 nitrogen and oxygen atoms in total. The van der Waals surface area contributed by atoms with Crippen LogP contribution in [0.4, 0.5) is 0 Å². The second kappa shape index (κ2) is 5.78. The van der Waals surface area contributed by atoms with Gasteiger partial charge in [0, 0.05) is 0 Å². The third-order valence-corrected chi connectivity index (χ3v) is 1.99. The van der Waals surface area contributed by atoms with E-state index in [0.717, 1.165) is 19.3 Å². The Morgan fingerprint density at radius 2 is 2.00 bits per heavy atom. The topological polar surface area (TPSA) is 20.2 Å². The number of aliphatic hydroxyl groups excluding tert-OH is 1. The van der Waals surface area contributed by atoms with Crippen molar-refractivity contribution in [3.63, 3.8) is 0 Å². The molecule has 0 aliphatic heterocycles. The quantitative estimate of drug-likeness (QED) is 0.572. The summed E-state index contributed by atoms with van der Waals surface area (Å²) < 4.78 is 0. The van der Waals surface area contributed by atoms with Crippen LogP contribution in [0.5, 0.6) is 0 Å². The molecule has 1 unspecified atom stereocenters. The molecule has 0 heterocycles. The highest BCUT2D eigenvalue weighted by atomic mass is 16.3. The molecule has 0 saturated carbocycles. The number of hydrogen-bond acceptors (Lipinski definition) is 1. The Balaban J connectivity index is 3.38. The predicted octanol–water partition coefficient (Wildman–Crippen LogP) is 1.22. The van der Waals surface area contributed by atoms with Crippen LogP contribution in [-0.2, 0) is 0 Å². The molecule has 0 rings (SSSR count). The maximum atomic E-state index is 9.45. The average molecular weight is 142 g/mol. The minimum absolute atomic E-state index is 0.0649. The predicted molar refractivity (Wildman–Crippen MR) is 48.0 cm³/mol. The molecule has 10 heavy (non-hydrogen) atoms. The van der Waals surface area contributed by atoms with Gasteiger partial charge >= 0.3 is 0 Å². The van der Waals surface area contributed by atoms with Crippen LogP contribution in [-0.4, -0.2) is 19.1 Å². The minimum atomic E-state index is -0.0649. The van der Waals surface area contributed by atoms with E-state index >= 15 is 0 Å². The van der Waals surface area contributed by atoms with E-state index in [9.17, 15) is 5.11 Å². The van der Waals surface area contributed by atoms with Crippen molar-refractivity contribution in [2.45, 2.75) is 45.5 Å². The van der Waals surface area contributed by atoms with Crippen molar-refractivity contribution in [3.05, 3.63) is 0 Å². The molecule has 2 heteroatoms. The van der Waals surface area contributed by atoms with Crippen LogP contribution in [0.15, 0.2) is 0 Å². The van der Waals surface area contributed by atoms with Gasteiger partial charge < -0.3 is 5.11 Å². The summed E-state index contributed by atoms with van der Waals surface area (Å²) in [4.78, 5) is 0. The van der Waals surface area contributed by atoms with E-state index in [1.165, 1.54) is 6.32 Å². The number of aliphatic hydroxyl groups is 1. The Hall–Kier alpha value is 0.0249. The molecule has 0 saturated heterocycles. The van der Waals surface area contributed by atoms with Gasteiger partial charge in [0.05, 0.1) is 6.10 Å². The maximum Gasteiger partial charge on any atom is 0.101 e. The molecule has 0 fully saturated rings. The molecule has 0 aromatic carbocycles. The zero-order valence-corrected chi connectivity index (χ0v) is 7.43. The summed E-state index contributed by atoms with van der Waals surface area (Å²) in [7, 11) is 2.16. The molecule has 2 atom stereocenters. The molecule has 60 valence electrons. The molecular formula is C8H19BO. The monoisotopic (exact) mass is 142 g/mol. The summed E-state index contributed by atoms with van der Waals surface area (Å²) in [6.07, 6.45) is 4.32. The van der Waals surface area contributed by atoms with Gasteiger partial charge in [-0.05, 0) is 12.3 Å². The second-order valence-corrected chi connectivity index (χ2v) is 3.12. The molecule has 0 bridgehead atoms. The molecule has 0 aliphatic carbocycles. The van der Waals surface area contributed by atoms with E-state index in [2.05, 4.69) is 21.7 Å². The van der Waals surface area contributed by atoms with E-state index in [1.54, 1.807) is 0 Å². The van der Waals surface area contributed by atoms with Gasteiger partial charge in [0.25, 0.3) is 0 Å². The SMILES string of the molecule is BCCC(C)[C@H](O)CCC. The fourth-order valence-corrected chi connectivity index (χ4v) is 1.23. The van der Waals surface area contributed by atoms with Crippen LogP contribution < -0.4 is 0 Å². The van der Waals surface area contributed by atoms with Crippen molar-refractivity contribution in [2.24, 2.45) is 5.92 Å². The first-order chi connectivity index (χ1) is 4.72. The largest absolute Gasteiger partial charge is 0.393 e. The number of hydrogen-bond donors (Lipinski definition) is 1. The highest BCUT2D eigenvalue weighted by Gasteiger charge is 2.10. The van der Waals surface area contributed by atoms with Crippen molar-refractivity contribution in [3.8, 4) is 0 Å². The molecule has 0 radical (unpaired) electrons. The molecule has 0 amide bonds. The summed E-state index contributed by atoms with van der Waals surface area (Å²) >= 11 is 0. The van der Waals surface area contributed by atoms with Gasteiger partial charge in [0.15, 0.2) is 0 Å². The molecular weight excluding hydrogens is 123 g/mol. The lowest BCUT2D eigenvalue weighted by atomic mass is 9.89. The van der Waals surface area contributed by atoms with Gasteiger partial charge in [-0.2, -0.15) is 0 Å². The van der Waals surface area contributed by atoms with E-state index < -0.39 is 0 Å². The van der Waals surface area contributed by atoms with E-state index in [4.69, 9.17) is 0 Å². The Morgan fingerprint density at radius 3 is 2.40 bits per heavy atom. The molecule has 0 spiro atoms. The average Bonchev–Trinajstić information content (AvgIpc) is 1.89. The lowest BCUT2D eigenvalue weighted by Crippen LogP contribution is -2.16. The Bertz CT molecular complexity index is 65.7. The smallest absolute Gasteiger partial charge is 0.101 e. The fraction of sp³-hybridized carbons (Fsp3) is 1.00. The summed E-state index contributed by atoms with van der Waals surface area (Å²) in [6, 6.07) is 0. The first-order valence-corrected chi connectivity index (χ1v) is 4.40. The normalized spacial score (nSPS) is 16.7. The molecule has 0 aromatic rings. The zero-order valence-electron chi connectivity index (χ0n) is 7.43.